The van der Waals surface area contributed by atoms with Crippen LogP contribution in [-0.4, -0.2) is 34.5 Å². The lowest BCUT2D eigenvalue weighted by molar-refractivity contribution is -0.146. The van der Waals surface area contributed by atoms with Gasteiger partial charge in [-0.05, 0) is 12.8 Å². The maximum atomic E-state index is 11.5. The van der Waals surface area contributed by atoms with Crippen LogP contribution in [0.2, 0.25) is 0 Å². The largest absolute Gasteiger partial charge is 0.480 e. The molecule has 1 saturated heterocycles. The maximum absolute atomic E-state index is 11.5. The molecule has 0 aromatic rings. The predicted octanol–water partition coefficient (Wildman–Crippen LogP) is 2.42. The molecule has 1 amide bonds. The molecule has 0 aliphatic carbocycles. The van der Waals surface area contributed by atoms with Crippen molar-refractivity contribution >= 4 is 11.9 Å². The number of likely N-dealkylation sites (tertiary alicyclic amines) is 1. The Balaban J connectivity index is 2.20. The van der Waals surface area contributed by atoms with Crippen LogP contribution in [0.1, 0.15) is 58.3 Å². The van der Waals surface area contributed by atoms with Crippen molar-refractivity contribution in [2.75, 3.05) is 6.54 Å². The molecule has 4 heteroatoms. The smallest absolute Gasteiger partial charge is 0.326 e. The Morgan fingerprint density at radius 1 is 1.29 bits per heavy atom. The zero-order valence-corrected chi connectivity index (χ0v) is 10.7. The second kappa shape index (κ2) is 7.30. The molecule has 1 aliphatic rings. The third-order valence-corrected chi connectivity index (χ3v) is 3.37. The molecule has 0 aromatic heterocycles. The number of carboxylic acids is 1. The Morgan fingerprint density at radius 3 is 2.59 bits per heavy atom. The number of carboxylic acid groups (broad SMARTS) is 1. The first-order chi connectivity index (χ1) is 8.16. The highest BCUT2D eigenvalue weighted by molar-refractivity contribution is 5.87. The Bertz CT molecular complexity index is 265. The number of hydrogen-bond donors (Lipinski definition) is 1. The molecular formula is C13H23NO3. The van der Waals surface area contributed by atoms with Crippen LogP contribution in [-0.2, 0) is 9.59 Å². The van der Waals surface area contributed by atoms with E-state index in [1.807, 2.05) is 0 Å². The first kappa shape index (κ1) is 14.0. The van der Waals surface area contributed by atoms with E-state index in [-0.39, 0.29) is 5.91 Å². The van der Waals surface area contributed by atoms with Gasteiger partial charge in [-0.1, -0.05) is 39.0 Å². The molecule has 1 rings (SSSR count). The minimum atomic E-state index is -0.859. The highest BCUT2D eigenvalue weighted by atomic mass is 16.4. The number of aliphatic carboxylic acids is 1. The number of carbonyl (C=O) groups is 2. The van der Waals surface area contributed by atoms with Gasteiger partial charge in [0.15, 0.2) is 0 Å². The molecule has 17 heavy (non-hydrogen) atoms. The van der Waals surface area contributed by atoms with Crippen LogP contribution < -0.4 is 0 Å². The van der Waals surface area contributed by atoms with Crippen molar-refractivity contribution in [3.8, 4) is 0 Å². The SMILES string of the molecule is CCCCCCCCN1C(=O)CC[C@H]1C(=O)O. The van der Waals surface area contributed by atoms with Gasteiger partial charge in [-0.3, -0.25) is 4.79 Å². The van der Waals surface area contributed by atoms with Gasteiger partial charge in [0.25, 0.3) is 0 Å². The van der Waals surface area contributed by atoms with Crippen molar-refractivity contribution in [1.82, 2.24) is 4.90 Å². The Labute approximate surface area is 103 Å². The summed E-state index contributed by atoms with van der Waals surface area (Å²) in [5.74, 6) is -0.854. The zero-order chi connectivity index (χ0) is 12.7. The van der Waals surface area contributed by atoms with E-state index in [1.165, 1.54) is 25.7 Å². The van der Waals surface area contributed by atoms with Gasteiger partial charge in [-0.2, -0.15) is 0 Å². The summed E-state index contributed by atoms with van der Waals surface area (Å²) in [5.41, 5.74) is 0. The molecule has 0 aromatic carbocycles. The Morgan fingerprint density at radius 2 is 1.94 bits per heavy atom. The third-order valence-electron chi connectivity index (χ3n) is 3.37. The molecule has 98 valence electrons. The molecule has 1 heterocycles. The van der Waals surface area contributed by atoms with Gasteiger partial charge in [0, 0.05) is 13.0 Å². The fourth-order valence-electron chi connectivity index (χ4n) is 2.33. The molecule has 0 unspecified atom stereocenters. The lowest BCUT2D eigenvalue weighted by atomic mass is 10.1. The average Bonchev–Trinajstić information content (AvgIpc) is 2.65. The molecule has 1 fully saturated rings. The molecule has 0 radical (unpaired) electrons. The van der Waals surface area contributed by atoms with Gasteiger partial charge >= 0.3 is 5.97 Å². The minimum Gasteiger partial charge on any atom is -0.480 e. The van der Waals surface area contributed by atoms with Gasteiger partial charge < -0.3 is 10.0 Å². The zero-order valence-electron chi connectivity index (χ0n) is 10.7. The Kier molecular flexibility index (Phi) is 6.01. The van der Waals surface area contributed by atoms with Crippen LogP contribution in [0.4, 0.5) is 0 Å². The van der Waals surface area contributed by atoms with Crippen LogP contribution in [0.15, 0.2) is 0 Å². The summed E-state index contributed by atoms with van der Waals surface area (Å²) in [7, 11) is 0. The molecular weight excluding hydrogens is 218 g/mol. The van der Waals surface area contributed by atoms with E-state index < -0.39 is 12.0 Å². The molecule has 1 atom stereocenters. The van der Waals surface area contributed by atoms with Crippen molar-refractivity contribution in [2.24, 2.45) is 0 Å². The molecule has 0 spiro atoms. The highest BCUT2D eigenvalue weighted by Crippen LogP contribution is 2.19. The van der Waals surface area contributed by atoms with Crippen molar-refractivity contribution in [3.05, 3.63) is 0 Å². The predicted molar refractivity (Wildman–Crippen MR) is 65.7 cm³/mol. The van der Waals surface area contributed by atoms with Gasteiger partial charge in [-0.15, -0.1) is 0 Å². The number of amides is 1. The number of carbonyl (C=O) groups excluding carboxylic acids is 1. The highest BCUT2D eigenvalue weighted by Gasteiger charge is 2.35. The standard InChI is InChI=1S/C13H23NO3/c1-2-3-4-5-6-7-10-14-11(13(16)17)8-9-12(14)15/h11H,2-10H2,1H3,(H,16,17)/t11-/m0/s1. The van der Waals surface area contributed by atoms with Crippen molar-refractivity contribution in [1.29, 1.82) is 0 Å². The van der Waals surface area contributed by atoms with Crippen LogP contribution in [0.5, 0.6) is 0 Å². The van der Waals surface area contributed by atoms with E-state index in [4.69, 9.17) is 5.11 Å². The summed E-state index contributed by atoms with van der Waals surface area (Å²) in [4.78, 5) is 24.0. The summed E-state index contributed by atoms with van der Waals surface area (Å²) >= 11 is 0. The molecule has 4 nitrogen and oxygen atoms in total. The molecule has 1 aliphatic heterocycles. The van der Waals surface area contributed by atoms with Gasteiger partial charge in [0.05, 0.1) is 0 Å². The van der Waals surface area contributed by atoms with Crippen molar-refractivity contribution < 1.29 is 14.7 Å². The topological polar surface area (TPSA) is 57.6 Å². The number of unbranched alkanes of at least 4 members (excludes halogenated alkanes) is 5. The summed E-state index contributed by atoms with van der Waals surface area (Å²) in [5, 5.41) is 8.98. The summed E-state index contributed by atoms with van der Waals surface area (Å²) in [6.07, 6.45) is 7.82. The Hall–Kier alpha value is -1.06. The molecule has 0 saturated carbocycles. The van der Waals surface area contributed by atoms with Crippen LogP contribution >= 0.6 is 0 Å². The average molecular weight is 241 g/mol. The van der Waals surface area contributed by atoms with Gasteiger partial charge in [0.1, 0.15) is 6.04 Å². The fraction of sp³-hybridized carbons (Fsp3) is 0.846. The molecule has 1 N–H and O–H groups in total. The first-order valence-corrected chi connectivity index (χ1v) is 6.69. The summed E-state index contributed by atoms with van der Waals surface area (Å²) in [6, 6.07) is -0.571. The van der Waals surface area contributed by atoms with Crippen molar-refractivity contribution in [2.45, 2.75) is 64.3 Å². The van der Waals surface area contributed by atoms with Gasteiger partial charge in [0.2, 0.25) is 5.91 Å². The first-order valence-electron chi connectivity index (χ1n) is 6.69. The van der Waals surface area contributed by atoms with Crippen LogP contribution in [0, 0.1) is 0 Å². The van der Waals surface area contributed by atoms with Gasteiger partial charge in [-0.25, -0.2) is 4.79 Å². The minimum absolute atomic E-state index is 0.00552. The lowest BCUT2D eigenvalue weighted by Crippen LogP contribution is -2.39. The lowest BCUT2D eigenvalue weighted by Gasteiger charge is -2.21. The molecule has 0 bridgehead atoms. The number of rotatable bonds is 8. The summed E-state index contributed by atoms with van der Waals surface area (Å²) in [6.45, 7) is 2.79. The third kappa shape index (κ3) is 4.36. The van der Waals surface area contributed by atoms with Crippen molar-refractivity contribution in [3.63, 3.8) is 0 Å². The normalized spacial score (nSPS) is 19.9. The second-order valence-electron chi connectivity index (χ2n) is 4.75. The van der Waals surface area contributed by atoms with E-state index in [2.05, 4.69) is 6.92 Å². The quantitative estimate of drug-likeness (QED) is 0.664. The van der Waals surface area contributed by atoms with Crippen LogP contribution in [0.25, 0.3) is 0 Å². The van der Waals surface area contributed by atoms with E-state index in [9.17, 15) is 9.59 Å². The van der Waals surface area contributed by atoms with E-state index >= 15 is 0 Å². The van der Waals surface area contributed by atoms with Crippen LogP contribution in [0.3, 0.4) is 0 Å². The summed E-state index contributed by atoms with van der Waals surface area (Å²) < 4.78 is 0. The maximum Gasteiger partial charge on any atom is 0.326 e. The number of hydrogen-bond acceptors (Lipinski definition) is 2. The number of nitrogens with zero attached hydrogens (tertiary/aromatic N) is 1. The second-order valence-corrected chi connectivity index (χ2v) is 4.75. The van der Waals surface area contributed by atoms with E-state index in [1.54, 1.807) is 4.90 Å². The monoisotopic (exact) mass is 241 g/mol. The van der Waals surface area contributed by atoms with E-state index in [0.717, 1.165) is 12.8 Å². The van der Waals surface area contributed by atoms with E-state index in [0.29, 0.717) is 19.4 Å². The fourth-order valence-corrected chi connectivity index (χ4v) is 2.33.